The number of carbonyl (C=O) groups excluding carboxylic acids is 2. The van der Waals surface area contributed by atoms with E-state index in [2.05, 4.69) is 20.5 Å². The lowest BCUT2D eigenvalue weighted by atomic mass is 9.99. The van der Waals surface area contributed by atoms with E-state index in [0.717, 1.165) is 36.5 Å². The fourth-order valence-electron chi connectivity index (χ4n) is 4.07. The van der Waals surface area contributed by atoms with E-state index in [1.165, 1.54) is 48.3 Å². The number of hydrogen-bond donors (Lipinski definition) is 2. The molecule has 0 unspecified atom stereocenters. The summed E-state index contributed by atoms with van der Waals surface area (Å²) in [6.07, 6.45) is 4.10. The first-order valence-corrected chi connectivity index (χ1v) is 11.7. The third kappa shape index (κ3) is 4.70. The molecule has 2 aromatic carbocycles. The molecule has 0 bridgehead atoms. The highest BCUT2D eigenvalue weighted by Crippen LogP contribution is 2.33. The van der Waals surface area contributed by atoms with Crippen LogP contribution in [0.4, 0.5) is 21.6 Å². The maximum Gasteiger partial charge on any atom is 0.255 e. The summed E-state index contributed by atoms with van der Waals surface area (Å²) in [5.74, 6) is -0.690. The summed E-state index contributed by atoms with van der Waals surface area (Å²) >= 11 is 5.89. The van der Waals surface area contributed by atoms with Crippen LogP contribution in [-0.2, 0) is 4.79 Å². The number of carbonyl (C=O) groups is 2. The first-order chi connectivity index (χ1) is 17.0. The second-order valence-corrected chi connectivity index (χ2v) is 8.78. The second-order valence-electron chi connectivity index (χ2n) is 8.35. The highest BCUT2D eigenvalue weighted by Gasteiger charge is 2.25. The molecule has 0 atom stereocenters. The average molecular weight is 492 g/mol. The maximum atomic E-state index is 14.1. The minimum Gasteiger partial charge on any atom is -0.386 e. The molecule has 178 valence electrons. The monoisotopic (exact) mass is 491 g/mol. The molecule has 2 aliphatic rings. The van der Waals surface area contributed by atoms with Crippen LogP contribution >= 0.6 is 11.6 Å². The highest BCUT2D eigenvalue weighted by molar-refractivity contribution is 6.30. The number of amides is 2. The molecule has 1 aromatic heterocycles. The van der Waals surface area contributed by atoms with Crippen molar-refractivity contribution in [1.82, 2.24) is 15.2 Å². The summed E-state index contributed by atoms with van der Waals surface area (Å²) in [4.78, 5) is 32.6. The Morgan fingerprint density at radius 2 is 1.86 bits per heavy atom. The molecule has 2 aliphatic heterocycles. The zero-order chi connectivity index (χ0) is 24.4. The topological polar surface area (TPSA) is 77.6 Å². The molecule has 0 aliphatic carbocycles. The SMILES string of the molecule is O=CN(c1ccc(Cl)cn1)c1cc(F)ccc1NC(=O)c1ccc(C(=C2CCN2)N2CCC2)cc1. The van der Waals surface area contributed by atoms with Gasteiger partial charge in [-0.05, 0) is 48.4 Å². The number of hydrogen-bond acceptors (Lipinski definition) is 5. The Morgan fingerprint density at radius 1 is 1.11 bits per heavy atom. The van der Waals surface area contributed by atoms with Gasteiger partial charge in [0.1, 0.15) is 11.6 Å². The van der Waals surface area contributed by atoms with Gasteiger partial charge in [0, 0.05) is 49.6 Å². The number of rotatable bonds is 7. The van der Waals surface area contributed by atoms with E-state index in [9.17, 15) is 14.0 Å². The van der Waals surface area contributed by atoms with E-state index in [0.29, 0.717) is 17.0 Å². The Bertz CT molecular complexity index is 1280. The van der Waals surface area contributed by atoms with Gasteiger partial charge in [0.25, 0.3) is 5.91 Å². The Kier molecular flexibility index (Phi) is 6.37. The second kappa shape index (κ2) is 9.76. The Hall–Kier alpha value is -3.91. The number of likely N-dealkylation sites (tertiary alicyclic amines) is 1. The van der Waals surface area contributed by atoms with Crippen molar-refractivity contribution in [3.63, 3.8) is 0 Å². The van der Waals surface area contributed by atoms with Gasteiger partial charge in [-0.15, -0.1) is 0 Å². The Balaban J connectivity index is 1.39. The third-order valence-corrected chi connectivity index (χ3v) is 6.35. The molecular weight excluding hydrogens is 469 g/mol. The van der Waals surface area contributed by atoms with Crippen molar-refractivity contribution in [2.45, 2.75) is 12.8 Å². The molecule has 3 heterocycles. The smallest absolute Gasteiger partial charge is 0.255 e. The van der Waals surface area contributed by atoms with Gasteiger partial charge in [-0.2, -0.15) is 0 Å². The van der Waals surface area contributed by atoms with Crippen LogP contribution < -0.4 is 15.5 Å². The highest BCUT2D eigenvalue weighted by atomic mass is 35.5. The molecule has 5 rings (SSSR count). The minimum atomic E-state index is -0.556. The summed E-state index contributed by atoms with van der Waals surface area (Å²) in [6.45, 7) is 3.05. The summed E-state index contributed by atoms with van der Waals surface area (Å²) in [7, 11) is 0. The largest absolute Gasteiger partial charge is 0.386 e. The van der Waals surface area contributed by atoms with Gasteiger partial charge < -0.3 is 15.5 Å². The molecule has 2 saturated heterocycles. The number of nitrogens with zero attached hydrogens (tertiary/aromatic N) is 3. The van der Waals surface area contributed by atoms with Crippen LogP contribution in [0.3, 0.4) is 0 Å². The van der Waals surface area contributed by atoms with Crippen LogP contribution in [0.2, 0.25) is 5.02 Å². The molecule has 3 aromatic rings. The number of aromatic nitrogens is 1. The summed E-state index contributed by atoms with van der Waals surface area (Å²) < 4.78 is 14.1. The fraction of sp³-hybridized carbons (Fsp3) is 0.192. The van der Waals surface area contributed by atoms with Crippen molar-refractivity contribution >= 4 is 46.8 Å². The number of anilines is 3. The quantitative estimate of drug-likeness (QED) is 0.465. The van der Waals surface area contributed by atoms with Gasteiger partial charge in [0.15, 0.2) is 0 Å². The first kappa shape index (κ1) is 22.9. The van der Waals surface area contributed by atoms with E-state index in [-0.39, 0.29) is 23.1 Å². The van der Waals surface area contributed by atoms with Gasteiger partial charge in [-0.25, -0.2) is 9.37 Å². The molecule has 9 heteroatoms. The van der Waals surface area contributed by atoms with Crippen LogP contribution in [0.5, 0.6) is 0 Å². The molecule has 35 heavy (non-hydrogen) atoms. The Labute approximate surface area is 207 Å². The zero-order valence-corrected chi connectivity index (χ0v) is 19.6. The van der Waals surface area contributed by atoms with Crippen molar-refractivity contribution < 1.29 is 14.0 Å². The van der Waals surface area contributed by atoms with E-state index < -0.39 is 5.82 Å². The van der Waals surface area contributed by atoms with Crippen molar-refractivity contribution in [3.05, 3.63) is 88.5 Å². The Morgan fingerprint density at radius 3 is 2.43 bits per heavy atom. The van der Waals surface area contributed by atoms with Crippen LogP contribution in [0.1, 0.15) is 28.8 Å². The van der Waals surface area contributed by atoms with E-state index in [1.807, 2.05) is 12.1 Å². The van der Waals surface area contributed by atoms with E-state index in [4.69, 9.17) is 11.6 Å². The van der Waals surface area contributed by atoms with Crippen LogP contribution in [0, 0.1) is 5.82 Å². The van der Waals surface area contributed by atoms with Gasteiger partial charge >= 0.3 is 0 Å². The van der Waals surface area contributed by atoms with Gasteiger partial charge in [-0.1, -0.05) is 23.7 Å². The summed E-state index contributed by atoms with van der Waals surface area (Å²) in [5.41, 5.74) is 4.37. The van der Waals surface area contributed by atoms with E-state index in [1.54, 1.807) is 18.2 Å². The lowest BCUT2D eigenvalue weighted by Crippen LogP contribution is -2.40. The summed E-state index contributed by atoms with van der Waals surface area (Å²) in [6, 6.07) is 14.3. The third-order valence-electron chi connectivity index (χ3n) is 6.12. The molecule has 0 spiro atoms. The predicted molar refractivity (Wildman–Crippen MR) is 134 cm³/mol. The average Bonchev–Trinajstić information content (AvgIpc) is 2.80. The number of pyridine rings is 1. The molecule has 2 fully saturated rings. The van der Waals surface area contributed by atoms with Crippen molar-refractivity contribution in [2.24, 2.45) is 0 Å². The van der Waals surface area contributed by atoms with Gasteiger partial charge in [-0.3, -0.25) is 14.5 Å². The lowest BCUT2D eigenvalue weighted by molar-refractivity contribution is -0.106. The zero-order valence-electron chi connectivity index (χ0n) is 18.8. The van der Waals surface area contributed by atoms with Gasteiger partial charge in [0.2, 0.25) is 6.41 Å². The standard InChI is InChI=1S/C26H23ClFN5O2/c27-19-6-9-24(30-15-19)33(16-34)23-14-20(28)7-8-21(23)31-26(35)18-4-2-17(3-5-18)25(22-10-11-29-22)32-12-1-13-32/h2-9,14-16,29H,1,10-13H2,(H,31,35). The molecule has 2 N–H and O–H groups in total. The lowest BCUT2D eigenvalue weighted by Gasteiger charge is -2.39. The molecule has 7 nitrogen and oxygen atoms in total. The van der Waals surface area contributed by atoms with Crippen molar-refractivity contribution in [2.75, 3.05) is 29.9 Å². The van der Waals surface area contributed by atoms with Crippen molar-refractivity contribution in [1.29, 1.82) is 0 Å². The molecule has 0 saturated carbocycles. The number of nitrogens with one attached hydrogen (secondary N) is 2. The maximum absolute atomic E-state index is 14.1. The number of benzene rings is 2. The normalized spacial score (nSPS) is 15.9. The van der Waals surface area contributed by atoms with Crippen LogP contribution in [0.15, 0.2) is 66.5 Å². The number of halogens is 2. The predicted octanol–water partition coefficient (Wildman–Crippen LogP) is 4.79. The van der Waals surface area contributed by atoms with Gasteiger partial charge in [0.05, 0.1) is 22.1 Å². The molecule has 2 amide bonds. The minimum absolute atomic E-state index is 0.153. The van der Waals surface area contributed by atoms with Crippen molar-refractivity contribution in [3.8, 4) is 0 Å². The first-order valence-electron chi connectivity index (χ1n) is 11.3. The fourth-order valence-corrected chi connectivity index (χ4v) is 4.18. The molecule has 0 radical (unpaired) electrons. The van der Waals surface area contributed by atoms with Crippen LogP contribution in [-0.4, -0.2) is 41.8 Å². The van der Waals surface area contributed by atoms with E-state index >= 15 is 0 Å². The van der Waals surface area contributed by atoms with Crippen LogP contribution in [0.25, 0.3) is 5.70 Å². The summed E-state index contributed by atoms with van der Waals surface area (Å²) in [5, 5.41) is 6.58. The molecular formula is C26H23ClFN5O2.